The molecule has 2 amide bonds. The summed E-state index contributed by atoms with van der Waals surface area (Å²) < 4.78 is 0. The molecule has 0 heterocycles. The van der Waals surface area contributed by atoms with Crippen LogP contribution in [0.4, 0.5) is 0 Å². The zero-order valence-electron chi connectivity index (χ0n) is 14.7. The van der Waals surface area contributed by atoms with Crippen molar-refractivity contribution < 1.29 is 9.59 Å². The Kier molecular flexibility index (Phi) is 8.46. The van der Waals surface area contributed by atoms with E-state index in [1.807, 2.05) is 65.0 Å². The summed E-state index contributed by atoms with van der Waals surface area (Å²) in [5.41, 5.74) is 6.34. The van der Waals surface area contributed by atoms with E-state index < -0.39 is 11.9 Å². The molecule has 1 unspecified atom stereocenters. The van der Waals surface area contributed by atoms with E-state index in [4.69, 9.17) is 5.73 Å². The van der Waals surface area contributed by atoms with Crippen molar-refractivity contribution in [1.29, 1.82) is 0 Å². The summed E-state index contributed by atoms with van der Waals surface area (Å²) in [6.07, 6.45) is 0.838. The Morgan fingerprint density at radius 2 is 1.64 bits per heavy atom. The molecule has 0 saturated carbocycles. The van der Waals surface area contributed by atoms with Crippen molar-refractivity contribution in [1.82, 2.24) is 4.90 Å². The molecule has 0 saturated heterocycles. The van der Waals surface area contributed by atoms with Gasteiger partial charge in [0.15, 0.2) is 0 Å². The Balaban J connectivity index is 0.00000211. The smallest absolute Gasteiger partial charge is 0.240 e. The Bertz CT molecular complexity index is 464. The van der Waals surface area contributed by atoms with Crippen LogP contribution in [0.1, 0.15) is 46.6 Å². The molecule has 0 radical (unpaired) electrons. The molecule has 0 aliphatic rings. The second-order valence-electron chi connectivity index (χ2n) is 6.35. The van der Waals surface area contributed by atoms with E-state index in [-0.39, 0.29) is 11.3 Å². The van der Waals surface area contributed by atoms with Gasteiger partial charge in [-0.05, 0) is 11.0 Å². The van der Waals surface area contributed by atoms with Gasteiger partial charge in [-0.25, -0.2) is 0 Å². The molecule has 1 rings (SSSR count). The SMILES string of the molecule is CC.CN(C(=O)CC(C)(C)C)C(Cc1ccccc1)C(N)=O. The van der Waals surface area contributed by atoms with Crippen molar-refractivity contribution in [2.24, 2.45) is 11.1 Å². The van der Waals surface area contributed by atoms with E-state index in [9.17, 15) is 9.59 Å². The lowest BCUT2D eigenvalue weighted by molar-refractivity contribution is -0.139. The van der Waals surface area contributed by atoms with Crippen molar-refractivity contribution in [2.75, 3.05) is 7.05 Å². The maximum Gasteiger partial charge on any atom is 0.240 e. The minimum absolute atomic E-state index is 0.0581. The number of hydrogen-bond acceptors (Lipinski definition) is 2. The predicted octanol–water partition coefficient (Wildman–Crippen LogP) is 3.00. The largest absolute Gasteiger partial charge is 0.368 e. The monoisotopic (exact) mass is 306 g/mol. The lowest BCUT2D eigenvalue weighted by atomic mass is 9.91. The topological polar surface area (TPSA) is 63.4 Å². The van der Waals surface area contributed by atoms with Crippen LogP contribution in [0.2, 0.25) is 0 Å². The molecule has 1 atom stereocenters. The molecule has 0 fully saturated rings. The van der Waals surface area contributed by atoms with Gasteiger partial charge in [0, 0.05) is 19.9 Å². The van der Waals surface area contributed by atoms with Crippen LogP contribution in [0.15, 0.2) is 30.3 Å². The summed E-state index contributed by atoms with van der Waals surface area (Å²) in [7, 11) is 1.65. The molecule has 1 aromatic carbocycles. The van der Waals surface area contributed by atoms with E-state index in [1.165, 1.54) is 4.90 Å². The van der Waals surface area contributed by atoms with Crippen LogP contribution in [-0.4, -0.2) is 29.8 Å². The Morgan fingerprint density at radius 1 is 1.14 bits per heavy atom. The highest BCUT2D eigenvalue weighted by Crippen LogP contribution is 2.20. The number of amides is 2. The minimum Gasteiger partial charge on any atom is -0.368 e. The number of carbonyl (C=O) groups is 2. The van der Waals surface area contributed by atoms with Gasteiger partial charge in [-0.15, -0.1) is 0 Å². The van der Waals surface area contributed by atoms with E-state index in [0.717, 1.165) is 5.56 Å². The Hall–Kier alpha value is -1.84. The third-order valence-corrected chi connectivity index (χ3v) is 3.14. The summed E-state index contributed by atoms with van der Waals surface area (Å²) in [6, 6.07) is 8.98. The van der Waals surface area contributed by atoms with Gasteiger partial charge < -0.3 is 10.6 Å². The predicted molar refractivity (Wildman–Crippen MR) is 91.3 cm³/mol. The van der Waals surface area contributed by atoms with Gasteiger partial charge in [0.25, 0.3) is 0 Å². The number of likely N-dealkylation sites (N-methyl/N-ethyl adjacent to an activating group) is 1. The Morgan fingerprint density at radius 3 is 2.05 bits per heavy atom. The first-order valence-electron chi connectivity index (χ1n) is 7.79. The highest BCUT2D eigenvalue weighted by atomic mass is 16.2. The summed E-state index contributed by atoms with van der Waals surface area (Å²) in [5.74, 6) is -0.532. The second kappa shape index (κ2) is 9.23. The molecular formula is C18H30N2O2. The number of carbonyl (C=O) groups excluding carboxylic acids is 2. The summed E-state index contributed by atoms with van der Waals surface area (Å²) in [4.78, 5) is 25.3. The number of nitrogens with zero attached hydrogens (tertiary/aromatic N) is 1. The number of benzene rings is 1. The third-order valence-electron chi connectivity index (χ3n) is 3.14. The minimum atomic E-state index is -0.604. The molecule has 0 aromatic heterocycles. The van der Waals surface area contributed by atoms with E-state index in [1.54, 1.807) is 7.05 Å². The van der Waals surface area contributed by atoms with Gasteiger partial charge in [-0.1, -0.05) is 65.0 Å². The van der Waals surface area contributed by atoms with Gasteiger partial charge >= 0.3 is 0 Å². The average molecular weight is 306 g/mol. The van der Waals surface area contributed by atoms with Gasteiger partial charge in [-0.3, -0.25) is 9.59 Å². The quantitative estimate of drug-likeness (QED) is 0.909. The summed E-state index contributed by atoms with van der Waals surface area (Å²) in [6.45, 7) is 9.99. The molecule has 1 aromatic rings. The van der Waals surface area contributed by atoms with Crippen molar-refractivity contribution in [3.05, 3.63) is 35.9 Å². The van der Waals surface area contributed by atoms with Crippen LogP contribution >= 0.6 is 0 Å². The van der Waals surface area contributed by atoms with Gasteiger partial charge in [-0.2, -0.15) is 0 Å². The lowest BCUT2D eigenvalue weighted by Gasteiger charge is -2.28. The van der Waals surface area contributed by atoms with Gasteiger partial charge in [0.05, 0.1) is 0 Å². The maximum atomic E-state index is 12.2. The number of hydrogen-bond donors (Lipinski definition) is 1. The maximum absolute atomic E-state index is 12.2. The van der Waals surface area contributed by atoms with Crippen LogP contribution in [0.3, 0.4) is 0 Å². The van der Waals surface area contributed by atoms with Crippen LogP contribution in [-0.2, 0) is 16.0 Å². The molecule has 0 aliphatic carbocycles. The van der Waals surface area contributed by atoms with Crippen LogP contribution < -0.4 is 5.73 Å². The molecule has 124 valence electrons. The molecule has 4 heteroatoms. The van der Waals surface area contributed by atoms with Crippen LogP contribution in [0.25, 0.3) is 0 Å². The molecule has 0 spiro atoms. The molecular weight excluding hydrogens is 276 g/mol. The summed E-state index contributed by atoms with van der Waals surface area (Å²) >= 11 is 0. The number of nitrogens with two attached hydrogens (primary N) is 1. The van der Waals surface area contributed by atoms with Crippen LogP contribution in [0, 0.1) is 5.41 Å². The van der Waals surface area contributed by atoms with E-state index in [2.05, 4.69) is 0 Å². The van der Waals surface area contributed by atoms with E-state index in [0.29, 0.717) is 12.8 Å². The van der Waals surface area contributed by atoms with Crippen molar-refractivity contribution in [3.63, 3.8) is 0 Å². The Labute approximate surface area is 134 Å². The highest BCUT2D eigenvalue weighted by Gasteiger charge is 2.27. The summed E-state index contributed by atoms with van der Waals surface area (Å²) in [5, 5.41) is 0. The molecule has 2 N–H and O–H groups in total. The first-order valence-corrected chi connectivity index (χ1v) is 7.79. The van der Waals surface area contributed by atoms with Crippen molar-refractivity contribution in [3.8, 4) is 0 Å². The molecule has 4 nitrogen and oxygen atoms in total. The van der Waals surface area contributed by atoms with E-state index >= 15 is 0 Å². The molecule has 22 heavy (non-hydrogen) atoms. The first-order chi connectivity index (χ1) is 10.2. The molecule has 0 aliphatic heterocycles. The first kappa shape index (κ1) is 20.2. The normalized spacial score (nSPS) is 11.9. The third kappa shape index (κ3) is 7.25. The number of rotatable bonds is 5. The van der Waals surface area contributed by atoms with Gasteiger partial charge in [0.1, 0.15) is 6.04 Å². The van der Waals surface area contributed by atoms with Crippen molar-refractivity contribution in [2.45, 2.75) is 53.5 Å². The lowest BCUT2D eigenvalue weighted by Crippen LogP contribution is -2.47. The fourth-order valence-corrected chi connectivity index (χ4v) is 2.02. The fraction of sp³-hybridized carbons (Fsp3) is 0.556. The average Bonchev–Trinajstić information content (AvgIpc) is 2.45. The standard InChI is InChI=1S/C16H24N2O2.C2H6/c1-16(2,3)11-14(19)18(4)13(15(17)20)10-12-8-6-5-7-9-12;1-2/h5-9,13H,10-11H2,1-4H3,(H2,17,20);1-2H3. The molecule has 0 bridgehead atoms. The van der Waals surface area contributed by atoms with Crippen molar-refractivity contribution >= 4 is 11.8 Å². The highest BCUT2D eigenvalue weighted by molar-refractivity contribution is 5.86. The van der Waals surface area contributed by atoms with Gasteiger partial charge in [0.2, 0.25) is 11.8 Å². The fourth-order valence-electron chi connectivity index (χ4n) is 2.02. The second-order valence-corrected chi connectivity index (χ2v) is 6.35. The number of primary amides is 1. The zero-order valence-corrected chi connectivity index (χ0v) is 14.7. The zero-order chi connectivity index (χ0) is 17.3. The van der Waals surface area contributed by atoms with Crippen LogP contribution in [0.5, 0.6) is 0 Å².